The first-order chi connectivity index (χ1) is 13.1. The number of amides is 1. The number of hydrogen-bond donors (Lipinski definition) is 2. The molecule has 0 fully saturated rings. The summed E-state index contributed by atoms with van der Waals surface area (Å²) in [5.74, 6) is 1.10. The van der Waals surface area contributed by atoms with Gasteiger partial charge >= 0.3 is 0 Å². The Kier molecular flexibility index (Phi) is 5.94. The maximum atomic E-state index is 12.4. The summed E-state index contributed by atoms with van der Waals surface area (Å²) in [5, 5.41) is 8.55. The van der Waals surface area contributed by atoms with Crippen molar-refractivity contribution >= 4 is 22.4 Å². The molecule has 140 valence electrons. The first kappa shape index (κ1) is 18.7. The van der Waals surface area contributed by atoms with E-state index in [4.69, 9.17) is 9.47 Å². The highest BCUT2D eigenvalue weighted by atomic mass is 16.5. The Labute approximate surface area is 159 Å². The molecule has 3 rings (SSSR count). The van der Waals surface area contributed by atoms with Gasteiger partial charge in [-0.1, -0.05) is 42.5 Å². The molecule has 5 nitrogen and oxygen atoms in total. The normalized spacial score (nSPS) is 11.8. The fraction of sp³-hybridized carbons (Fsp3) is 0.227. The van der Waals surface area contributed by atoms with Gasteiger partial charge in [0.25, 0.3) is 0 Å². The molecule has 0 spiro atoms. The SMILES string of the molecule is COc1ccc(OC)c(NC(=O)CNC(C)c2cccc3ccccc23)c1. The van der Waals surface area contributed by atoms with E-state index in [0.29, 0.717) is 17.2 Å². The molecule has 3 aromatic rings. The highest BCUT2D eigenvalue weighted by Gasteiger charge is 2.13. The minimum Gasteiger partial charge on any atom is -0.497 e. The van der Waals surface area contributed by atoms with Crippen molar-refractivity contribution < 1.29 is 14.3 Å². The molecule has 0 heterocycles. The van der Waals surface area contributed by atoms with Crippen molar-refractivity contribution in [2.75, 3.05) is 26.1 Å². The number of nitrogens with one attached hydrogen (secondary N) is 2. The van der Waals surface area contributed by atoms with E-state index in [1.807, 2.05) is 18.2 Å². The molecular weight excluding hydrogens is 340 g/mol. The lowest BCUT2D eigenvalue weighted by atomic mass is 10.00. The van der Waals surface area contributed by atoms with Crippen molar-refractivity contribution in [1.29, 1.82) is 0 Å². The van der Waals surface area contributed by atoms with Crippen LogP contribution in [-0.2, 0) is 4.79 Å². The lowest BCUT2D eigenvalue weighted by Gasteiger charge is -2.17. The number of anilines is 1. The molecule has 0 aliphatic heterocycles. The molecule has 27 heavy (non-hydrogen) atoms. The van der Waals surface area contributed by atoms with Gasteiger partial charge in [-0.15, -0.1) is 0 Å². The zero-order chi connectivity index (χ0) is 19.2. The van der Waals surface area contributed by atoms with E-state index in [2.05, 4.69) is 41.8 Å². The van der Waals surface area contributed by atoms with Crippen LogP contribution in [0.1, 0.15) is 18.5 Å². The van der Waals surface area contributed by atoms with Gasteiger partial charge in [0, 0.05) is 12.1 Å². The average Bonchev–Trinajstić information content (AvgIpc) is 2.71. The molecule has 2 N–H and O–H groups in total. The van der Waals surface area contributed by atoms with Crippen LogP contribution < -0.4 is 20.1 Å². The summed E-state index contributed by atoms with van der Waals surface area (Å²) >= 11 is 0. The van der Waals surface area contributed by atoms with E-state index in [0.717, 1.165) is 0 Å². The van der Waals surface area contributed by atoms with Gasteiger partial charge in [-0.25, -0.2) is 0 Å². The first-order valence-corrected chi connectivity index (χ1v) is 8.85. The van der Waals surface area contributed by atoms with Gasteiger partial charge in [0.2, 0.25) is 5.91 Å². The number of carbonyl (C=O) groups excluding carboxylic acids is 1. The van der Waals surface area contributed by atoms with Gasteiger partial charge in [-0.3, -0.25) is 4.79 Å². The molecular formula is C22H24N2O3. The minimum atomic E-state index is -0.145. The van der Waals surface area contributed by atoms with Crippen LogP contribution >= 0.6 is 0 Å². The molecule has 0 radical (unpaired) electrons. The van der Waals surface area contributed by atoms with Crippen molar-refractivity contribution in [1.82, 2.24) is 5.32 Å². The van der Waals surface area contributed by atoms with E-state index in [1.54, 1.807) is 32.4 Å². The number of hydrogen-bond acceptors (Lipinski definition) is 4. The topological polar surface area (TPSA) is 59.6 Å². The fourth-order valence-corrected chi connectivity index (χ4v) is 3.09. The van der Waals surface area contributed by atoms with Crippen molar-refractivity contribution in [3.05, 3.63) is 66.2 Å². The molecule has 0 aliphatic carbocycles. The third kappa shape index (κ3) is 4.38. The molecule has 1 atom stereocenters. The van der Waals surface area contributed by atoms with Crippen LogP contribution in [0.3, 0.4) is 0 Å². The van der Waals surface area contributed by atoms with Gasteiger partial charge in [-0.2, -0.15) is 0 Å². The van der Waals surface area contributed by atoms with Crippen LogP contribution in [0, 0.1) is 0 Å². The highest BCUT2D eigenvalue weighted by molar-refractivity contribution is 5.94. The fourth-order valence-electron chi connectivity index (χ4n) is 3.09. The van der Waals surface area contributed by atoms with Crippen LogP contribution in [0.5, 0.6) is 11.5 Å². The zero-order valence-corrected chi connectivity index (χ0v) is 15.8. The lowest BCUT2D eigenvalue weighted by molar-refractivity contribution is -0.115. The smallest absolute Gasteiger partial charge is 0.238 e. The number of fused-ring (bicyclic) bond motifs is 1. The summed E-state index contributed by atoms with van der Waals surface area (Å²) in [5.41, 5.74) is 1.75. The van der Waals surface area contributed by atoms with E-state index < -0.39 is 0 Å². The predicted octanol–water partition coefficient (Wildman–Crippen LogP) is 4.15. The minimum absolute atomic E-state index is 0.0362. The summed E-state index contributed by atoms with van der Waals surface area (Å²) in [4.78, 5) is 12.4. The number of methoxy groups -OCH3 is 2. The molecule has 0 bridgehead atoms. The highest BCUT2D eigenvalue weighted by Crippen LogP contribution is 2.29. The van der Waals surface area contributed by atoms with Crippen LogP contribution in [0.2, 0.25) is 0 Å². The van der Waals surface area contributed by atoms with Crippen LogP contribution in [0.25, 0.3) is 10.8 Å². The van der Waals surface area contributed by atoms with Gasteiger partial charge < -0.3 is 20.1 Å². The first-order valence-electron chi connectivity index (χ1n) is 8.85. The molecule has 5 heteroatoms. The number of ether oxygens (including phenoxy) is 2. The summed E-state index contributed by atoms with van der Waals surface area (Å²) in [6.45, 7) is 2.24. The van der Waals surface area contributed by atoms with E-state index in [-0.39, 0.29) is 18.5 Å². The van der Waals surface area contributed by atoms with Crippen LogP contribution in [0.4, 0.5) is 5.69 Å². The summed E-state index contributed by atoms with van der Waals surface area (Å²) in [6, 6.07) is 19.8. The van der Waals surface area contributed by atoms with Crippen molar-refractivity contribution in [2.45, 2.75) is 13.0 Å². The van der Waals surface area contributed by atoms with Crippen LogP contribution in [0.15, 0.2) is 60.7 Å². The van der Waals surface area contributed by atoms with Crippen molar-refractivity contribution in [3.63, 3.8) is 0 Å². The third-order valence-corrected chi connectivity index (χ3v) is 4.54. The molecule has 0 saturated heterocycles. The maximum Gasteiger partial charge on any atom is 0.238 e. The quantitative estimate of drug-likeness (QED) is 0.661. The number of carbonyl (C=O) groups is 1. The van der Waals surface area contributed by atoms with Crippen molar-refractivity contribution in [3.8, 4) is 11.5 Å². The molecule has 0 aromatic heterocycles. The Balaban J connectivity index is 1.67. The summed E-state index contributed by atoms with van der Waals surface area (Å²) in [6.07, 6.45) is 0. The Morgan fingerprint density at radius 3 is 2.56 bits per heavy atom. The van der Waals surface area contributed by atoms with E-state index >= 15 is 0 Å². The Morgan fingerprint density at radius 1 is 1.00 bits per heavy atom. The van der Waals surface area contributed by atoms with Crippen LogP contribution in [-0.4, -0.2) is 26.7 Å². The largest absolute Gasteiger partial charge is 0.497 e. The van der Waals surface area contributed by atoms with Crippen molar-refractivity contribution in [2.24, 2.45) is 0 Å². The second-order valence-corrected chi connectivity index (χ2v) is 6.29. The Bertz CT molecular complexity index is 934. The maximum absolute atomic E-state index is 12.4. The number of benzene rings is 3. The van der Waals surface area contributed by atoms with E-state index in [9.17, 15) is 4.79 Å². The Hall–Kier alpha value is -3.05. The average molecular weight is 364 g/mol. The second kappa shape index (κ2) is 8.56. The van der Waals surface area contributed by atoms with Gasteiger partial charge in [0.1, 0.15) is 11.5 Å². The third-order valence-electron chi connectivity index (χ3n) is 4.54. The monoisotopic (exact) mass is 364 g/mol. The number of rotatable bonds is 7. The lowest BCUT2D eigenvalue weighted by Crippen LogP contribution is -2.30. The molecule has 1 unspecified atom stereocenters. The van der Waals surface area contributed by atoms with E-state index in [1.165, 1.54) is 16.3 Å². The second-order valence-electron chi connectivity index (χ2n) is 6.29. The van der Waals surface area contributed by atoms with Gasteiger partial charge in [0.15, 0.2) is 0 Å². The molecule has 0 aliphatic rings. The van der Waals surface area contributed by atoms with Gasteiger partial charge in [-0.05, 0) is 35.4 Å². The molecule has 1 amide bonds. The van der Waals surface area contributed by atoms with Gasteiger partial charge in [0.05, 0.1) is 26.5 Å². The summed E-state index contributed by atoms with van der Waals surface area (Å²) < 4.78 is 10.5. The standard InChI is InChI=1S/C22H24N2O3/c1-15(18-10-6-8-16-7-4-5-9-19(16)18)23-14-22(25)24-20-13-17(26-2)11-12-21(20)27-3/h4-13,15,23H,14H2,1-3H3,(H,24,25). The Morgan fingerprint density at radius 2 is 1.78 bits per heavy atom. The molecule has 3 aromatic carbocycles. The predicted molar refractivity (Wildman–Crippen MR) is 109 cm³/mol. The summed E-state index contributed by atoms with van der Waals surface area (Å²) in [7, 11) is 3.15. The zero-order valence-electron chi connectivity index (χ0n) is 15.8. The molecule has 0 saturated carbocycles.